The molecule has 9 heteroatoms. The topological polar surface area (TPSA) is 117 Å². The molecule has 0 saturated carbocycles. The Kier molecular flexibility index (Phi) is 92.1. The molecule has 140 valence electrons. The number of unbranched alkanes of at least 4 members (excludes halogenated alkanes) is 1. The monoisotopic (exact) mass is 386 g/mol. The van der Waals surface area contributed by atoms with E-state index in [2.05, 4.69) is 0 Å². The number of ether oxygens (including phenoxy) is 2. The molecule has 0 aliphatic carbocycles. The standard InChI is InChI=1S/C10H16O3.5CH2O.Cr/c1-11-6-2-3-7-12-9-10-5-4-8-13-10;5*1-2;/h4-5,8H,2-3,6-7,9H2,1H3;5*1H2;. The normalized spacial score (nSPS) is 6.54. The molecule has 0 spiro atoms. The Morgan fingerprint density at radius 1 is 0.875 bits per heavy atom. The molecule has 0 atom stereocenters. The van der Waals surface area contributed by atoms with E-state index in [-0.39, 0.29) is 17.4 Å². The van der Waals surface area contributed by atoms with Gasteiger partial charge in [0.05, 0.1) is 6.26 Å². The number of hydrogen-bond donors (Lipinski definition) is 0. The molecule has 1 aromatic heterocycles. The van der Waals surface area contributed by atoms with Gasteiger partial charge in [-0.05, 0) is 25.0 Å². The van der Waals surface area contributed by atoms with Crippen LogP contribution >= 0.6 is 0 Å². The third kappa shape index (κ3) is 42.7. The summed E-state index contributed by atoms with van der Waals surface area (Å²) in [5.74, 6) is 0.881. The molecule has 1 rings (SSSR count). The molecule has 1 heterocycles. The smallest absolute Gasteiger partial charge is 0.129 e. The van der Waals surface area contributed by atoms with Gasteiger partial charge in [0.25, 0.3) is 0 Å². The van der Waals surface area contributed by atoms with E-state index in [9.17, 15) is 0 Å². The molecule has 0 bridgehead atoms. The minimum Gasteiger partial charge on any atom is -0.467 e. The molecule has 0 saturated heterocycles. The first-order valence-electron chi connectivity index (χ1n) is 5.97. The van der Waals surface area contributed by atoms with Gasteiger partial charge in [0.2, 0.25) is 0 Å². The maximum Gasteiger partial charge on any atom is 0.129 e. The van der Waals surface area contributed by atoms with Gasteiger partial charge in [-0.15, -0.1) is 0 Å². The van der Waals surface area contributed by atoms with Crippen LogP contribution in [0.3, 0.4) is 0 Å². The van der Waals surface area contributed by atoms with Crippen molar-refractivity contribution in [2.75, 3.05) is 20.3 Å². The van der Waals surface area contributed by atoms with Gasteiger partial charge in [-0.2, -0.15) is 0 Å². The van der Waals surface area contributed by atoms with Gasteiger partial charge in [-0.1, -0.05) is 0 Å². The van der Waals surface area contributed by atoms with Gasteiger partial charge in [0, 0.05) is 37.7 Å². The molecule has 0 aromatic carbocycles. The number of methoxy groups -OCH3 is 1. The summed E-state index contributed by atoms with van der Waals surface area (Å²) < 4.78 is 15.4. The summed E-state index contributed by atoms with van der Waals surface area (Å²) in [5, 5.41) is 0. The molecular formula is C15H26CrO8. The van der Waals surface area contributed by atoms with Crippen molar-refractivity contribution >= 4 is 33.9 Å². The number of carbonyl (C=O) groups excluding carboxylic acids is 5. The average Bonchev–Trinajstić information content (AvgIpc) is 3.20. The summed E-state index contributed by atoms with van der Waals surface area (Å²) in [5.41, 5.74) is 0. The van der Waals surface area contributed by atoms with Gasteiger partial charge in [0.15, 0.2) is 0 Å². The van der Waals surface area contributed by atoms with Crippen LogP contribution in [0, 0.1) is 0 Å². The Hall–Kier alpha value is -1.92. The molecule has 0 N–H and O–H groups in total. The quantitative estimate of drug-likeness (QED) is 0.644. The molecular weight excluding hydrogens is 360 g/mol. The Morgan fingerprint density at radius 2 is 1.33 bits per heavy atom. The second kappa shape index (κ2) is 58.2. The van der Waals surface area contributed by atoms with Crippen LogP contribution in [0.25, 0.3) is 0 Å². The number of carbonyl (C=O) groups is 5. The van der Waals surface area contributed by atoms with Crippen LogP contribution in [0.1, 0.15) is 18.6 Å². The summed E-state index contributed by atoms with van der Waals surface area (Å²) in [6, 6.07) is 3.78. The molecule has 0 aliphatic rings. The van der Waals surface area contributed by atoms with Crippen LogP contribution in [0.4, 0.5) is 0 Å². The van der Waals surface area contributed by atoms with Crippen molar-refractivity contribution in [2.24, 2.45) is 0 Å². The zero-order chi connectivity index (χ0) is 19.4. The SMILES string of the molecule is C=O.C=O.C=O.C=O.C=O.COCCCCOCc1ccco1.[Cr]. The van der Waals surface area contributed by atoms with E-state index in [4.69, 9.17) is 37.9 Å². The van der Waals surface area contributed by atoms with Crippen molar-refractivity contribution in [1.29, 1.82) is 0 Å². The van der Waals surface area contributed by atoms with Crippen molar-refractivity contribution in [2.45, 2.75) is 19.4 Å². The Labute approximate surface area is 153 Å². The maximum absolute atomic E-state index is 8.00. The number of hydrogen-bond acceptors (Lipinski definition) is 8. The largest absolute Gasteiger partial charge is 0.467 e. The van der Waals surface area contributed by atoms with Crippen molar-refractivity contribution < 1.29 is 55.2 Å². The Balaban J connectivity index is -0.0000000634. The van der Waals surface area contributed by atoms with Crippen molar-refractivity contribution in [3.05, 3.63) is 24.2 Å². The molecule has 8 nitrogen and oxygen atoms in total. The van der Waals surface area contributed by atoms with Crippen LogP contribution in [-0.2, 0) is 57.4 Å². The summed E-state index contributed by atoms with van der Waals surface area (Å²) in [4.78, 5) is 40.0. The van der Waals surface area contributed by atoms with E-state index in [1.54, 1.807) is 13.4 Å². The second-order valence-corrected chi connectivity index (χ2v) is 2.83. The molecule has 0 unspecified atom stereocenters. The summed E-state index contributed by atoms with van der Waals surface area (Å²) in [6.07, 6.45) is 3.74. The fraction of sp³-hybridized carbons (Fsp3) is 0.400. The van der Waals surface area contributed by atoms with Gasteiger partial charge >= 0.3 is 0 Å². The Morgan fingerprint density at radius 3 is 1.71 bits per heavy atom. The maximum atomic E-state index is 8.00. The minimum atomic E-state index is 0. The van der Waals surface area contributed by atoms with Crippen LogP contribution in [0.15, 0.2) is 22.8 Å². The third-order valence-electron chi connectivity index (χ3n) is 1.71. The number of rotatable bonds is 7. The first-order chi connectivity index (χ1) is 11.4. The van der Waals surface area contributed by atoms with Crippen molar-refractivity contribution in [3.8, 4) is 0 Å². The number of furan rings is 1. The van der Waals surface area contributed by atoms with E-state index >= 15 is 0 Å². The third-order valence-corrected chi connectivity index (χ3v) is 1.71. The average molecular weight is 386 g/mol. The van der Waals surface area contributed by atoms with Crippen molar-refractivity contribution in [1.82, 2.24) is 0 Å². The van der Waals surface area contributed by atoms with E-state index < -0.39 is 0 Å². The second-order valence-electron chi connectivity index (χ2n) is 2.83. The van der Waals surface area contributed by atoms with Crippen LogP contribution in [0.2, 0.25) is 0 Å². The zero-order valence-corrected chi connectivity index (χ0v) is 15.3. The van der Waals surface area contributed by atoms with E-state index in [1.165, 1.54) is 0 Å². The van der Waals surface area contributed by atoms with Crippen LogP contribution < -0.4 is 0 Å². The summed E-state index contributed by atoms with van der Waals surface area (Å²) >= 11 is 0. The van der Waals surface area contributed by atoms with Crippen molar-refractivity contribution in [3.63, 3.8) is 0 Å². The fourth-order valence-corrected chi connectivity index (χ4v) is 1.02. The predicted octanol–water partition coefficient (Wildman–Crippen LogP) is 1.30. The molecule has 0 radical (unpaired) electrons. The van der Waals surface area contributed by atoms with E-state index in [0.29, 0.717) is 6.61 Å². The Bertz CT molecular complexity index is 261. The van der Waals surface area contributed by atoms with Gasteiger partial charge in [-0.3, -0.25) is 0 Å². The van der Waals surface area contributed by atoms with E-state index in [0.717, 1.165) is 31.8 Å². The zero-order valence-electron chi connectivity index (χ0n) is 14.0. The summed E-state index contributed by atoms with van der Waals surface area (Å²) in [6.45, 7) is 12.1. The van der Waals surface area contributed by atoms with Gasteiger partial charge in [-0.25, -0.2) is 0 Å². The molecule has 24 heavy (non-hydrogen) atoms. The molecule has 1 aromatic rings. The minimum absolute atomic E-state index is 0. The first-order valence-corrected chi connectivity index (χ1v) is 5.97. The molecule has 0 fully saturated rings. The van der Waals surface area contributed by atoms with Crippen LogP contribution in [0.5, 0.6) is 0 Å². The van der Waals surface area contributed by atoms with Gasteiger partial charge < -0.3 is 37.9 Å². The van der Waals surface area contributed by atoms with Gasteiger partial charge in [0.1, 0.15) is 46.3 Å². The first kappa shape index (κ1) is 37.9. The van der Waals surface area contributed by atoms with Crippen LogP contribution in [-0.4, -0.2) is 54.3 Å². The fourth-order valence-electron chi connectivity index (χ4n) is 1.02. The predicted molar refractivity (Wildman–Crippen MR) is 85.1 cm³/mol. The van der Waals surface area contributed by atoms with E-state index in [1.807, 2.05) is 46.1 Å². The molecule has 0 aliphatic heterocycles. The summed E-state index contributed by atoms with van der Waals surface area (Å²) in [7, 11) is 1.71. The molecule has 0 amide bonds.